The van der Waals surface area contributed by atoms with E-state index < -0.39 is 11.8 Å². The summed E-state index contributed by atoms with van der Waals surface area (Å²) in [6, 6.07) is 15.7. The van der Waals surface area contributed by atoms with Gasteiger partial charge in [-0.2, -0.15) is 0 Å². The predicted molar refractivity (Wildman–Crippen MR) is 114 cm³/mol. The summed E-state index contributed by atoms with van der Waals surface area (Å²) in [4.78, 5) is 37.2. The maximum atomic E-state index is 13.0. The number of hydrogen-bond acceptors (Lipinski definition) is 4. The first-order valence-electron chi connectivity index (χ1n) is 8.91. The maximum absolute atomic E-state index is 13.0. The van der Waals surface area contributed by atoms with Gasteiger partial charge in [-0.3, -0.25) is 25.2 Å². The lowest BCUT2D eigenvalue weighted by molar-refractivity contribution is -0.121. The van der Waals surface area contributed by atoms with Gasteiger partial charge in [0.05, 0.1) is 4.88 Å². The summed E-state index contributed by atoms with van der Waals surface area (Å²) in [5.74, 6) is -1.57. The van der Waals surface area contributed by atoms with Crippen LogP contribution in [0, 0.1) is 5.82 Å². The number of nitrogens with one attached hydrogen (secondary N) is 3. The van der Waals surface area contributed by atoms with Gasteiger partial charge in [-0.1, -0.05) is 23.7 Å². The van der Waals surface area contributed by atoms with Crippen molar-refractivity contribution in [1.29, 1.82) is 0 Å². The molecular formula is C21H17ClFN3O3S. The van der Waals surface area contributed by atoms with E-state index in [1.165, 1.54) is 23.5 Å². The summed E-state index contributed by atoms with van der Waals surface area (Å²) in [6.45, 7) is 0.108. The second-order valence-electron chi connectivity index (χ2n) is 6.19. The van der Waals surface area contributed by atoms with Gasteiger partial charge in [-0.25, -0.2) is 4.39 Å². The second-order valence-corrected chi connectivity index (χ2v) is 7.71. The average Bonchev–Trinajstić information content (AvgIpc) is 3.23. The van der Waals surface area contributed by atoms with Crippen LogP contribution >= 0.6 is 22.9 Å². The molecular weight excluding hydrogens is 429 g/mol. The normalized spacial score (nSPS) is 10.3. The summed E-state index contributed by atoms with van der Waals surface area (Å²) in [7, 11) is 0. The predicted octanol–water partition coefficient (Wildman–Crippen LogP) is 3.79. The van der Waals surface area contributed by atoms with Gasteiger partial charge in [-0.05, 0) is 54.1 Å². The van der Waals surface area contributed by atoms with E-state index in [0.717, 1.165) is 10.4 Å². The highest BCUT2D eigenvalue weighted by atomic mass is 35.5. The van der Waals surface area contributed by atoms with E-state index in [1.807, 2.05) is 0 Å². The molecule has 0 aliphatic rings. The van der Waals surface area contributed by atoms with Gasteiger partial charge in [0.2, 0.25) is 5.91 Å². The van der Waals surface area contributed by atoms with Crippen LogP contribution in [0.4, 0.5) is 4.39 Å². The summed E-state index contributed by atoms with van der Waals surface area (Å²) < 4.78 is 13.0. The number of thiophene rings is 1. The molecule has 0 radical (unpaired) electrons. The fourth-order valence-corrected chi connectivity index (χ4v) is 3.51. The number of halogens is 2. The molecule has 0 unspecified atom stereocenters. The number of hydrogen-bond donors (Lipinski definition) is 3. The Morgan fingerprint density at radius 3 is 2.27 bits per heavy atom. The van der Waals surface area contributed by atoms with Crippen molar-refractivity contribution < 1.29 is 18.8 Å². The van der Waals surface area contributed by atoms with E-state index in [0.29, 0.717) is 15.5 Å². The van der Waals surface area contributed by atoms with Crippen LogP contribution in [-0.2, 0) is 4.79 Å². The number of amides is 3. The highest BCUT2D eigenvalue weighted by molar-refractivity contribution is 7.17. The zero-order valence-electron chi connectivity index (χ0n) is 15.6. The Morgan fingerprint density at radius 2 is 1.57 bits per heavy atom. The SMILES string of the molecule is O=C(CCNC(=O)c1ccc(Cl)cc1)NNC(=O)c1ccc(-c2ccc(F)cc2)s1. The minimum atomic E-state index is -0.466. The molecule has 154 valence electrons. The van der Waals surface area contributed by atoms with Crippen molar-refractivity contribution in [3.63, 3.8) is 0 Å². The lowest BCUT2D eigenvalue weighted by Gasteiger charge is -2.07. The van der Waals surface area contributed by atoms with Gasteiger partial charge in [-0.15, -0.1) is 11.3 Å². The van der Waals surface area contributed by atoms with E-state index in [1.54, 1.807) is 48.5 Å². The Morgan fingerprint density at radius 1 is 0.867 bits per heavy atom. The summed E-state index contributed by atoms with van der Waals surface area (Å²) in [6.07, 6.45) is -0.00905. The number of carbonyl (C=O) groups excluding carboxylic acids is 3. The molecule has 0 bridgehead atoms. The van der Waals surface area contributed by atoms with Crippen LogP contribution in [0.25, 0.3) is 10.4 Å². The molecule has 2 aromatic carbocycles. The number of rotatable bonds is 6. The highest BCUT2D eigenvalue weighted by Crippen LogP contribution is 2.28. The largest absolute Gasteiger partial charge is 0.352 e. The molecule has 0 aliphatic heterocycles. The lowest BCUT2D eigenvalue weighted by atomic mass is 10.2. The topological polar surface area (TPSA) is 87.3 Å². The van der Waals surface area contributed by atoms with Gasteiger partial charge in [0.15, 0.2) is 0 Å². The first kappa shape index (κ1) is 21.5. The van der Waals surface area contributed by atoms with Crippen LogP contribution in [-0.4, -0.2) is 24.3 Å². The van der Waals surface area contributed by atoms with E-state index in [9.17, 15) is 18.8 Å². The second kappa shape index (κ2) is 10.00. The Bertz CT molecular complexity index is 1050. The molecule has 0 spiro atoms. The zero-order valence-corrected chi connectivity index (χ0v) is 17.1. The van der Waals surface area contributed by atoms with Crippen LogP contribution in [0.3, 0.4) is 0 Å². The third-order valence-corrected chi connectivity index (χ3v) is 5.40. The Labute approximate surface area is 181 Å². The van der Waals surface area contributed by atoms with Crippen molar-refractivity contribution in [2.24, 2.45) is 0 Å². The first-order chi connectivity index (χ1) is 14.4. The van der Waals surface area contributed by atoms with E-state index in [4.69, 9.17) is 11.6 Å². The molecule has 0 fully saturated rings. The Hall–Kier alpha value is -3.23. The third kappa shape index (κ3) is 5.88. The van der Waals surface area contributed by atoms with Gasteiger partial charge < -0.3 is 5.32 Å². The Kier molecular flexibility index (Phi) is 7.16. The van der Waals surface area contributed by atoms with Crippen molar-refractivity contribution >= 4 is 40.7 Å². The highest BCUT2D eigenvalue weighted by Gasteiger charge is 2.12. The van der Waals surface area contributed by atoms with Crippen LogP contribution in [0.2, 0.25) is 5.02 Å². The summed E-state index contributed by atoms with van der Waals surface area (Å²) in [5.41, 5.74) is 5.87. The molecule has 1 aromatic heterocycles. The smallest absolute Gasteiger partial charge is 0.279 e. The maximum Gasteiger partial charge on any atom is 0.279 e. The number of hydrazine groups is 1. The molecule has 0 aliphatic carbocycles. The van der Waals surface area contributed by atoms with Gasteiger partial charge in [0.1, 0.15) is 5.82 Å². The average molecular weight is 446 g/mol. The molecule has 3 aromatic rings. The van der Waals surface area contributed by atoms with Crippen LogP contribution in [0.5, 0.6) is 0 Å². The van der Waals surface area contributed by atoms with Crippen LogP contribution in [0.1, 0.15) is 26.5 Å². The molecule has 0 saturated heterocycles. The molecule has 3 rings (SSSR count). The molecule has 0 atom stereocenters. The minimum absolute atomic E-state index is 0.00905. The number of carbonyl (C=O) groups is 3. The quantitative estimate of drug-likeness (QED) is 0.504. The van der Waals surface area contributed by atoms with Crippen molar-refractivity contribution in [2.45, 2.75) is 6.42 Å². The van der Waals surface area contributed by atoms with Crippen molar-refractivity contribution in [1.82, 2.24) is 16.2 Å². The minimum Gasteiger partial charge on any atom is -0.352 e. The summed E-state index contributed by atoms with van der Waals surface area (Å²) in [5, 5.41) is 3.14. The van der Waals surface area contributed by atoms with Crippen molar-refractivity contribution in [3.05, 3.63) is 81.9 Å². The van der Waals surface area contributed by atoms with Gasteiger partial charge in [0, 0.05) is 28.4 Å². The molecule has 6 nitrogen and oxygen atoms in total. The first-order valence-corrected chi connectivity index (χ1v) is 10.1. The van der Waals surface area contributed by atoms with Crippen molar-refractivity contribution in [2.75, 3.05) is 6.54 Å². The Balaban J connectivity index is 1.42. The number of benzene rings is 2. The molecule has 0 saturated carbocycles. The molecule has 3 amide bonds. The van der Waals surface area contributed by atoms with Crippen LogP contribution in [0.15, 0.2) is 60.7 Å². The fraction of sp³-hybridized carbons (Fsp3) is 0.0952. The molecule has 3 N–H and O–H groups in total. The lowest BCUT2D eigenvalue weighted by Crippen LogP contribution is -2.42. The monoisotopic (exact) mass is 445 g/mol. The molecule has 30 heavy (non-hydrogen) atoms. The standard InChI is InChI=1S/C21H17ClFN3O3S/c22-15-5-1-14(2-6-15)20(28)24-12-11-19(27)25-26-21(29)18-10-9-17(30-18)13-3-7-16(23)8-4-13/h1-10H,11-12H2,(H,24,28)(H,25,27)(H,26,29). The third-order valence-electron chi connectivity index (χ3n) is 4.02. The van der Waals surface area contributed by atoms with Crippen LogP contribution < -0.4 is 16.2 Å². The van der Waals surface area contributed by atoms with E-state index in [2.05, 4.69) is 16.2 Å². The molecule has 1 heterocycles. The fourth-order valence-electron chi connectivity index (χ4n) is 2.47. The van der Waals surface area contributed by atoms with Gasteiger partial charge >= 0.3 is 0 Å². The van der Waals surface area contributed by atoms with E-state index in [-0.39, 0.29) is 24.7 Å². The van der Waals surface area contributed by atoms with Gasteiger partial charge in [0.25, 0.3) is 11.8 Å². The zero-order chi connectivity index (χ0) is 21.5. The van der Waals surface area contributed by atoms with Crippen molar-refractivity contribution in [3.8, 4) is 10.4 Å². The summed E-state index contributed by atoms with van der Waals surface area (Å²) >= 11 is 6.99. The molecule has 9 heteroatoms. The van der Waals surface area contributed by atoms with E-state index >= 15 is 0 Å².